The Labute approximate surface area is 98.6 Å². The lowest BCUT2D eigenvalue weighted by Crippen LogP contribution is -2.40. The Kier molecular flexibility index (Phi) is 3.41. The van der Waals surface area contributed by atoms with Crippen molar-refractivity contribution in [3.8, 4) is 5.88 Å². The molecule has 0 spiro atoms. The van der Waals surface area contributed by atoms with Crippen molar-refractivity contribution >= 4 is 5.91 Å². The van der Waals surface area contributed by atoms with E-state index in [9.17, 15) is 9.59 Å². The van der Waals surface area contributed by atoms with E-state index in [0.29, 0.717) is 19.0 Å². The van der Waals surface area contributed by atoms with E-state index in [1.54, 1.807) is 17.9 Å². The zero-order valence-electron chi connectivity index (χ0n) is 9.68. The maximum Gasteiger partial charge on any atom is 0.264 e. The topological polar surface area (TPSA) is 75.3 Å². The molecule has 1 aromatic heterocycles. The first-order chi connectivity index (χ1) is 8.15. The summed E-state index contributed by atoms with van der Waals surface area (Å²) in [4.78, 5) is 23.8. The molecule has 0 radical (unpaired) electrons. The number of hydrogen-bond acceptors (Lipinski definition) is 4. The van der Waals surface area contributed by atoms with E-state index >= 15 is 0 Å². The molecule has 0 atom stereocenters. The largest absolute Gasteiger partial charge is 0.473 e. The van der Waals surface area contributed by atoms with Crippen molar-refractivity contribution in [2.45, 2.75) is 25.9 Å². The lowest BCUT2D eigenvalue weighted by molar-refractivity contribution is -0.130. The number of aromatic amines is 1. The second-order valence-corrected chi connectivity index (χ2v) is 4.08. The summed E-state index contributed by atoms with van der Waals surface area (Å²) in [6, 6.07) is 2.93. The summed E-state index contributed by atoms with van der Waals surface area (Å²) in [5.41, 5.74) is -0.247. The first kappa shape index (κ1) is 11.6. The van der Waals surface area contributed by atoms with E-state index in [0.717, 1.165) is 12.8 Å². The second-order valence-electron chi connectivity index (χ2n) is 4.08. The van der Waals surface area contributed by atoms with Crippen LogP contribution in [0.1, 0.15) is 19.8 Å². The maximum absolute atomic E-state index is 11.1. The maximum atomic E-state index is 11.1. The number of H-pyrrole nitrogens is 1. The highest BCUT2D eigenvalue weighted by Crippen LogP contribution is 2.15. The Morgan fingerprint density at radius 2 is 2.18 bits per heavy atom. The molecule has 2 rings (SSSR count). The number of nitrogens with one attached hydrogen (secondary N) is 1. The number of carbonyl (C=O) groups excluding carboxylic acids is 1. The fourth-order valence-corrected chi connectivity index (χ4v) is 1.86. The molecule has 1 aromatic rings. The van der Waals surface area contributed by atoms with Crippen LogP contribution in [0.4, 0.5) is 0 Å². The minimum atomic E-state index is -0.247. The molecule has 1 saturated heterocycles. The third-order valence-electron chi connectivity index (χ3n) is 2.83. The third kappa shape index (κ3) is 3.05. The van der Waals surface area contributed by atoms with Crippen LogP contribution in [0.2, 0.25) is 0 Å². The van der Waals surface area contributed by atoms with Gasteiger partial charge in [-0.1, -0.05) is 0 Å². The van der Waals surface area contributed by atoms with E-state index in [-0.39, 0.29) is 17.6 Å². The lowest BCUT2D eigenvalue weighted by atomic mass is 10.1. The van der Waals surface area contributed by atoms with Crippen molar-refractivity contribution in [1.82, 2.24) is 15.1 Å². The average molecular weight is 237 g/mol. The normalized spacial score (nSPS) is 16.9. The van der Waals surface area contributed by atoms with Crippen LogP contribution < -0.4 is 10.3 Å². The van der Waals surface area contributed by atoms with Gasteiger partial charge in [-0.25, -0.2) is 5.10 Å². The average Bonchev–Trinajstić information content (AvgIpc) is 2.33. The van der Waals surface area contributed by atoms with Crippen LogP contribution in [0.15, 0.2) is 16.9 Å². The van der Waals surface area contributed by atoms with Crippen LogP contribution in [0.5, 0.6) is 5.88 Å². The number of rotatable bonds is 2. The molecule has 1 aliphatic heterocycles. The Morgan fingerprint density at radius 1 is 1.47 bits per heavy atom. The number of ether oxygens (including phenoxy) is 1. The summed E-state index contributed by atoms with van der Waals surface area (Å²) in [5, 5.41) is 6.11. The standard InChI is InChI=1S/C11H15N3O3/c1-8(15)14-6-4-9(5-7-14)17-11-3-2-10(16)12-13-11/h2-3,9H,4-7H2,1H3,(H,12,16). The van der Waals surface area contributed by atoms with E-state index < -0.39 is 0 Å². The van der Waals surface area contributed by atoms with Crippen molar-refractivity contribution in [2.75, 3.05) is 13.1 Å². The molecule has 17 heavy (non-hydrogen) atoms. The molecule has 1 amide bonds. The minimum absolute atomic E-state index is 0.0593. The molecule has 2 heterocycles. The predicted octanol–water partition coefficient (Wildman–Crippen LogP) is 0.160. The van der Waals surface area contributed by atoms with Gasteiger partial charge >= 0.3 is 0 Å². The van der Waals surface area contributed by atoms with Crippen LogP contribution in [-0.2, 0) is 4.79 Å². The van der Waals surface area contributed by atoms with Crippen molar-refractivity contribution in [1.29, 1.82) is 0 Å². The van der Waals surface area contributed by atoms with Gasteiger partial charge in [-0.3, -0.25) is 9.59 Å². The minimum Gasteiger partial charge on any atom is -0.473 e. The van der Waals surface area contributed by atoms with E-state index in [4.69, 9.17) is 4.74 Å². The molecular weight excluding hydrogens is 222 g/mol. The van der Waals surface area contributed by atoms with E-state index in [1.807, 2.05) is 0 Å². The number of likely N-dealkylation sites (tertiary alicyclic amines) is 1. The molecule has 0 unspecified atom stereocenters. The third-order valence-corrected chi connectivity index (χ3v) is 2.83. The molecule has 0 aliphatic carbocycles. The summed E-state index contributed by atoms with van der Waals surface area (Å²) >= 11 is 0. The molecule has 0 aromatic carbocycles. The number of aromatic nitrogens is 2. The van der Waals surface area contributed by atoms with Crippen molar-refractivity contribution in [2.24, 2.45) is 0 Å². The van der Waals surface area contributed by atoms with Gasteiger partial charge in [0.15, 0.2) is 0 Å². The van der Waals surface area contributed by atoms with Crippen molar-refractivity contribution in [3.05, 3.63) is 22.5 Å². The van der Waals surface area contributed by atoms with Gasteiger partial charge in [0, 0.05) is 45.0 Å². The van der Waals surface area contributed by atoms with Gasteiger partial charge in [0.05, 0.1) is 0 Å². The number of piperidine rings is 1. The van der Waals surface area contributed by atoms with E-state index in [2.05, 4.69) is 10.2 Å². The van der Waals surface area contributed by atoms with Gasteiger partial charge in [0.2, 0.25) is 11.8 Å². The summed E-state index contributed by atoms with van der Waals surface area (Å²) in [7, 11) is 0. The molecule has 1 fully saturated rings. The summed E-state index contributed by atoms with van der Waals surface area (Å²) < 4.78 is 5.62. The zero-order chi connectivity index (χ0) is 12.3. The number of nitrogens with zero attached hydrogens (tertiary/aromatic N) is 2. The van der Waals surface area contributed by atoms with Gasteiger partial charge in [-0.2, -0.15) is 0 Å². The first-order valence-electron chi connectivity index (χ1n) is 5.63. The monoisotopic (exact) mass is 237 g/mol. The van der Waals surface area contributed by atoms with Crippen LogP contribution in [-0.4, -0.2) is 40.2 Å². The Bertz CT molecular complexity index is 429. The van der Waals surface area contributed by atoms with Gasteiger partial charge in [0.25, 0.3) is 5.56 Å². The highest BCUT2D eigenvalue weighted by Gasteiger charge is 2.22. The molecular formula is C11H15N3O3. The fourth-order valence-electron chi connectivity index (χ4n) is 1.86. The van der Waals surface area contributed by atoms with Crippen LogP contribution >= 0.6 is 0 Å². The predicted molar refractivity (Wildman–Crippen MR) is 60.8 cm³/mol. The lowest BCUT2D eigenvalue weighted by Gasteiger charge is -2.31. The molecule has 6 nitrogen and oxygen atoms in total. The first-order valence-corrected chi connectivity index (χ1v) is 5.63. The van der Waals surface area contributed by atoms with Gasteiger partial charge in [-0.05, 0) is 0 Å². The molecule has 6 heteroatoms. The number of hydrogen-bond donors (Lipinski definition) is 1. The Hall–Kier alpha value is -1.85. The van der Waals surface area contributed by atoms with Gasteiger partial charge in [-0.15, -0.1) is 5.10 Å². The molecule has 1 N–H and O–H groups in total. The number of carbonyl (C=O) groups is 1. The van der Waals surface area contributed by atoms with Crippen molar-refractivity contribution in [3.63, 3.8) is 0 Å². The highest BCUT2D eigenvalue weighted by atomic mass is 16.5. The van der Waals surface area contributed by atoms with Crippen molar-refractivity contribution < 1.29 is 9.53 Å². The molecule has 0 bridgehead atoms. The van der Waals surface area contributed by atoms with Crippen LogP contribution in [0, 0.1) is 0 Å². The SMILES string of the molecule is CC(=O)N1CCC(Oc2ccc(=O)[nH]n2)CC1. The second kappa shape index (κ2) is 4.99. The zero-order valence-corrected chi connectivity index (χ0v) is 9.68. The Morgan fingerprint density at radius 3 is 2.71 bits per heavy atom. The van der Waals surface area contributed by atoms with E-state index in [1.165, 1.54) is 6.07 Å². The molecule has 1 aliphatic rings. The van der Waals surface area contributed by atoms with Crippen LogP contribution in [0.3, 0.4) is 0 Å². The summed E-state index contributed by atoms with van der Waals surface area (Å²) in [6.45, 7) is 3.00. The van der Waals surface area contributed by atoms with Gasteiger partial charge < -0.3 is 9.64 Å². The summed E-state index contributed by atoms with van der Waals surface area (Å²) in [6.07, 6.45) is 1.64. The summed E-state index contributed by atoms with van der Waals surface area (Å²) in [5.74, 6) is 0.525. The fraction of sp³-hybridized carbons (Fsp3) is 0.545. The molecule has 0 saturated carbocycles. The quantitative estimate of drug-likeness (QED) is 0.795. The Balaban J connectivity index is 1.88. The number of amides is 1. The highest BCUT2D eigenvalue weighted by molar-refractivity contribution is 5.73. The van der Waals surface area contributed by atoms with Gasteiger partial charge in [0.1, 0.15) is 6.10 Å². The molecule has 92 valence electrons. The van der Waals surface area contributed by atoms with Crippen LogP contribution in [0.25, 0.3) is 0 Å². The smallest absolute Gasteiger partial charge is 0.264 e.